The van der Waals surface area contributed by atoms with Crippen molar-refractivity contribution in [1.82, 2.24) is 0 Å². The molecule has 0 aromatic heterocycles. The Labute approximate surface area is 244 Å². The Kier molecular flexibility index (Phi) is 13.9. The Balaban J connectivity index is 0.000000608. The van der Waals surface area contributed by atoms with Crippen LogP contribution in [-0.4, -0.2) is 28.2 Å². The molecule has 184 valence electrons. The average Bonchev–Trinajstić information content (AvgIpc) is 3.29. The van der Waals surface area contributed by atoms with Crippen LogP contribution in [0.5, 0.6) is 0 Å². The molecule has 0 spiro atoms. The number of para-hydroxylation sites is 2. The summed E-state index contributed by atoms with van der Waals surface area (Å²) >= 11 is 0. The SMILES string of the molecule is Cc1c[c-](-c2ccccc2N(C)C)cc1C.Cc1c[c-](-c2ccccc2N(C)C)cc1C.[Cl-].[Cl-].[Zr+4]. The molecule has 0 saturated heterocycles. The summed E-state index contributed by atoms with van der Waals surface area (Å²) in [6.07, 6.45) is 0. The van der Waals surface area contributed by atoms with Gasteiger partial charge in [-0.2, -0.15) is 0 Å². The average molecular weight is 587 g/mol. The van der Waals surface area contributed by atoms with Crippen LogP contribution in [0, 0.1) is 27.7 Å². The first kappa shape index (κ1) is 33.2. The second-order valence-corrected chi connectivity index (χ2v) is 9.04. The molecule has 0 aliphatic carbocycles. The van der Waals surface area contributed by atoms with E-state index in [1.54, 1.807) is 0 Å². The number of hydrogen-bond donors (Lipinski definition) is 0. The first-order valence-electron chi connectivity index (χ1n) is 11.2. The molecule has 35 heavy (non-hydrogen) atoms. The van der Waals surface area contributed by atoms with Crippen molar-refractivity contribution in [3.63, 3.8) is 0 Å². The first-order chi connectivity index (χ1) is 15.2. The van der Waals surface area contributed by atoms with Crippen LogP contribution in [0.15, 0.2) is 72.8 Å². The fourth-order valence-corrected chi connectivity index (χ4v) is 4.00. The zero-order valence-electron chi connectivity index (χ0n) is 22.1. The van der Waals surface area contributed by atoms with Gasteiger partial charge in [-0.1, -0.05) is 86.3 Å². The molecule has 0 radical (unpaired) electrons. The van der Waals surface area contributed by atoms with Crippen molar-refractivity contribution in [2.75, 3.05) is 38.0 Å². The van der Waals surface area contributed by atoms with Gasteiger partial charge in [0.1, 0.15) is 0 Å². The minimum absolute atomic E-state index is 0. The van der Waals surface area contributed by atoms with Crippen molar-refractivity contribution in [2.45, 2.75) is 27.7 Å². The smallest absolute Gasteiger partial charge is 1.00 e. The van der Waals surface area contributed by atoms with E-state index in [9.17, 15) is 0 Å². The predicted octanol–water partition coefficient (Wildman–Crippen LogP) is 1.52. The van der Waals surface area contributed by atoms with Crippen LogP contribution in [0.1, 0.15) is 22.3 Å². The van der Waals surface area contributed by atoms with Gasteiger partial charge in [-0.25, -0.2) is 0 Å². The van der Waals surface area contributed by atoms with Gasteiger partial charge < -0.3 is 34.6 Å². The first-order valence-corrected chi connectivity index (χ1v) is 11.2. The molecular weight excluding hydrogens is 550 g/mol. The number of benzene rings is 2. The second-order valence-electron chi connectivity index (χ2n) is 9.04. The summed E-state index contributed by atoms with van der Waals surface area (Å²) in [5.41, 5.74) is 13.3. The van der Waals surface area contributed by atoms with E-state index in [1.165, 1.54) is 55.9 Å². The number of anilines is 2. The van der Waals surface area contributed by atoms with Crippen LogP contribution >= 0.6 is 0 Å². The molecular formula is C30H36Cl2N2Zr. The van der Waals surface area contributed by atoms with Crippen molar-refractivity contribution < 1.29 is 51.0 Å². The van der Waals surface area contributed by atoms with E-state index in [2.05, 4.69) is 138 Å². The van der Waals surface area contributed by atoms with Gasteiger partial charge >= 0.3 is 26.2 Å². The van der Waals surface area contributed by atoms with E-state index >= 15 is 0 Å². The van der Waals surface area contributed by atoms with Crippen LogP contribution in [0.3, 0.4) is 0 Å². The molecule has 2 nitrogen and oxygen atoms in total. The molecule has 0 bridgehead atoms. The topological polar surface area (TPSA) is 6.48 Å². The Bertz CT molecular complexity index is 1060. The van der Waals surface area contributed by atoms with Crippen molar-refractivity contribution in [1.29, 1.82) is 0 Å². The van der Waals surface area contributed by atoms with Gasteiger partial charge in [-0.3, -0.25) is 0 Å². The van der Waals surface area contributed by atoms with Gasteiger partial charge in [0.2, 0.25) is 0 Å². The monoisotopic (exact) mass is 584 g/mol. The molecule has 0 unspecified atom stereocenters. The van der Waals surface area contributed by atoms with E-state index in [0.29, 0.717) is 0 Å². The predicted molar refractivity (Wildman–Crippen MR) is 143 cm³/mol. The van der Waals surface area contributed by atoms with Crippen LogP contribution in [0.4, 0.5) is 11.4 Å². The van der Waals surface area contributed by atoms with Crippen molar-refractivity contribution in [3.05, 3.63) is 95.1 Å². The van der Waals surface area contributed by atoms with E-state index < -0.39 is 0 Å². The molecule has 0 N–H and O–H groups in total. The third kappa shape index (κ3) is 8.11. The molecule has 4 aromatic rings. The van der Waals surface area contributed by atoms with E-state index in [-0.39, 0.29) is 51.0 Å². The number of aryl methyl sites for hydroxylation is 4. The maximum atomic E-state index is 2.26. The summed E-state index contributed by atoms with van der Waals surface area (Å²) in [5, 5.41) is 0. The molecule has 0 atom stereocenters. The van der Waals surface area contributed by atoms with E-state index in [0.717, 1.165) is 0 Å². The Morgan fingerprint density at radius 3 is 1.00 bits per heavy atom. The minimum Gasteiger partial charge on any atom is -1.00 e. The zero-order chi connectivity index (χ0) is 23.4. The molecule has 4 aromatic carbocycles. The van der Waals surface area contributed by atoms with Gasteiger partial charge in [0.05, 0.1) is 0 Å². The number of rotatable bonds is 4. The fourth-order valence-electron chi connectivity index (χ4n) is 4.00. The Hall–Kier alpha value is -1.80. The summed E-state index contributed by atoms with van der Waals surface area (Å²) < 4.78 is 0. The second kappa shape index (κ2) is 14.7. The Morgan fingerprint density at radius 2 is 0.743 bits per heavy atom. The van der Waals surface area contributed by atoms with E-state index in [1.807, 2.05) is 0 Å². The number of halogens is 2. The number of hydrogen-bond acceptors (Lipinski definition) is 2. The molecule has 0 saturated carbocycles. The van der Waals surface area contributed by atoms with E-state index in [4.69, 9.17) is 0 Å². The Morgan fingerprint density at radius 1 is 0.486 bits per heavy atom. The van der Waals surface area contributed by atoms with Crippen LogP contribution in [-0.2, 0) is 26.2 Å². The van der Waals surface area contributed by atoms with Crippen molar-refractivity contribution >= 4 is 11.4 Å². The van der Waals surface area contributed by atoms with Crippen LogP contribution < -0.4 is 34.6 Å². The van der Waals surface area contributed by atoms with Gasteiger partial charge in [-0.15, -0.1) is 58.7 Å². The molecule has 5 heteroatoms. The molecule has 0 heterocycles. The summed E-state index contributed by atoms with van der Waals surface area (Å²) in [6, 6.07) is 26.1. The molecule has 0 amide bonds. The van der Waals surface area contributed by atoms with Gasteiger partial charge in [-0.05, 0) is 39.6 Å². The third-order valence-corrected chi connectivity index (χ3v) is 6.13. The maximum Gasteiger partial charge on any atom is 4.00 e. The minimum atomic E-state index is 0. The van der Waals surface area contributed by atoms with Crippen molar-refractivity contribution in [3.8, 4) is 22.3 Å². The summed E-state index contributed by atoms with van der Waals surface area (Å²) in [7, 11) is 8.34. The maximum absolute atomic E-state index is 2.26. The standard InChI is InChI=1S/2C15H18N.2ClH.Zr/c2*1-11-9-13(10-12(11)2)14-7-5-6-8-15(14)16(3)4;;;/h2*5-10H,1-4H3;2*1H;/q2*-1;;;+4/p-2. The van der Waals surface area contributed by atoms with Crippen LogP contribution in [0.25, 0.3) is 22.3 Å². The normalized spacial score (nSPS) is 9.60. The summed E-state index contributed by atoms with van der Waals surface area (Å²) in [6.45, 7) is 8.66. The fraction of sp³-hybridized carbons (Fsp3) is 0.267. The molecule has 0 aliphatic heterocycles. The summed E-state index contributed by atoms with van der Waals surface area (Å²) in [4.78, 5) is 4.32. The molecule has 0 aliphatic rings. The zero-order valence-corrected chi connectivity index (χ0v) is 26.0. The van der Waals surface area contributed by atoms with Crippen LogP contribution in [0.2, 0.25) is 0 Å². The van der Waals surface area contributed by atoms with Gasteiger partial charge in [0, 0.05) is 0 Å². The molecule has 4 rings (SSSR count). The molecule has 0 fully saturated rings. The largest absolute Gasteiger partial charge is 4.00 e. The third-order valence-electron chi connectivity index (χ3n) is 6.13. The van der Waals surface area contributed by atoms with Crippen molar-refractivity contribution in [2.24, 2.45) is 0 Å². The van der Waals surface area contributed by atoms with Gasteiger partial charge in [0.15, 0.2) is 0 Å². The number of nitrogens with zero attached hydrogens (tertiary/aromatic N) is 2. The quantitative estimate of drug-likeness (QED) is 0.335. The summed E-state index contributed by atoms with van der Waals surface area (Å²) in [5.74, 6) is 0. The van der Waals surface area contributed by atoms with Gasteiger partial charge in [0.25, 0.3) is 0 Å².